The van der Waals surface area contributed by atoms with Crippen LogP contribution in [0.5, 0.6) is 5.75 Å². The van der Waals surface area contributed by atoms with Crippen LogP contribution in [-0.2, 0) is 11.3 Å². The second-order valence-electron chi connectivity index (χ2n) is 5.01. The van der Waals surface area contributed by atoms with Crippen molar-refractivity contribution in [1.82, 2.24) is 10.2 Å². The molecule has 1 aromatic carbocycles. The summed E-state index contributed by atoms with van der Waals surface area (Å²) in [6.07, 6.45) is 1.06. The molecule has 0 aliphatic rings. The van der Waals surface area contributed by atoms with E-state index < -0.39 is 0 Å². The van der Waals surface area contributed by atoms with Gasteiger partial charge in [-0.3, -0.25) is 0 Å². The van der Waals surface area contributed by atoms with Gasteiger partial charge in [0.1, 0.15) is 12.4 Å². The molecular formula is C16H28N2O2. The van der Waals surface area contributed by atoms with Crippen LogP contribution in [0.2, 0.25) is 0 Å². The Morgan fingerprint density at radius 1 is 1.10 bits per heavy atom. The van der Waals surface area contributed by atoms with E-state index in [1.165, 1.54) is 5.56 Å². The summed E-state index contributed by atoms with van der Waals surface area (Å²) in [5.74, 6) is 0.949. The SMILES string of the molecule is CCNCc1ccccc1OCCOCCCN(C)C. The average Bonchev–Trinajstić information content (AvgIpc) is 2.44. The molecule has 1 N–H and O–H groups in total. The third kappa shape index (κ3) is 7.48. The number of ether oxygens (including phenoxy) is 2. The molecule has 0 unspecified atom stereocenters. The molecule has 0 fully saturated rings. The molecule has 0 bridgehead atoms. The highest BCUT2D eigenvalue weighted by molar-refractivity contribution is 5.33. The quantitative estimate of drug-likeness (QED) is 0.630. The zero-order valence-electron chi connectivity index (χ0n) is 13.0. The van der Waals surface area contributed by atoms with Crippen molar-refractivity contribution in [1.29, 1.82) is 0 Å². The van der Waals surface area contributed by atoms with Crippen LogP contribution in [0.15, 0.2) is 24.3 Å². The highest BCUT2D eigenvalue weighted by atomic mass is 16.5. The number of para-hydroxylation sites is 1. The van der Waals surface area contributed by atoms with Crippen molar-refractivity contribution in [3.63, 3.8) is 0 Å². The van der Waals surface area contributed by atoms with Gasteiger partial charge < -0.3 is 19.7 Å². The smallest absolute Gasteiger partial charge is 0.123 e. The van der Waals surface area contributed by atoms with Crippen LogP contribution in [0.4, 0.5) is 0 Å². The maximum Gasteiger partial charge on any atom is 0.123 e. The summed E-state index contributed by atoms with van der Waals surface area (Å²) in [6.45, 7) is 7.01. The Balaban J connectivity index is 2.18. The Morgan fingerprint density at radius 2 is 1.90 bits per heavy atom. The maximum atomic E-state index is 5.79. The predicted octanol–water partition coefficient (Wildman–Crippen LogP) is 2.14. The Bertz CT molecular complexity index is 356. The largest absolute Gasteiger partial charge is 0.491 e. The second kappa shape index (κ2) is 10.7. The van der Waals surface area contributed by atoms with Gasteiger partial charge >= 0.3 is 0 Å². The average molecular weight is 280 g/mol. The molecule has 4 nitrogen and oxygen atoms in total. The lowest BCUT2D eigenvalue weighted by molar-refractivity contribution is 0.0943. The van der Waals surface area contributed by atoms with Gasteiger partial charge in [0.05, 0.1) is 6.61 Å². The van der Waals surface area contributed by atoms with Crippen molar-refractivity contribution in [2.24, 2.45) is 0 Å². The van der Waals surface area contributed by atoms with Crippen LogP contribution in [-0.4, -0.2) is 51.9 Å². The molecule has 0 aromatic heterocycles. The second-order valence-corrected chi connectivity index (χ2v) is 5.01. The van der Waals surface area contributed by atoms with E-state index in [4.69, 9.17) is 9.47 Å². The van der Waals surface area contributed by atoms with Gasteiger partial charge in [-0.25, -0.2) is 0 Å². The molecule has 0 atom stereocenters. The van der Waals surface area contributed by atoms with Crippen molar-refractivity contribution < 1.29 is 9.47 Å². The first-order valence-electron chi connectivity index (χ1n) is 7.38. The first-order valence-corrected chi connectivity index (χ1v) is 7.38. The van der Waals surface area contributed by atoms with Crippen molar-refractivity contribution in [2.45, 2.75) is 19.9 Å². The van der Waals surface area contributed by atoms with E-state index >= 15 is 0 Å². The molecule has 0 saturated heterocycles. The van der Waals surface area contributed by atoms with Gasteiger partial charge in [0.2, 0.25) is 0 Å². The van der Waals surface area contributed by atoms with E-state index in [0.717, 1.165) is 38.4 Å². The van der Waals surface area contributed by atoms with Gasteiger partial charge in [-0.05, 0) is 39.7 Å². The molecule has 114 valence electrons. The fourth-order valence-electron chi connectivity index (χ4n) is 1.85. The minimum Gasteiger partial charge on any atom is -0.491 e. The molecule has 0 heterocycles. The van der Waals surface area contributed by atoms with Gasteiger partial charge in [0, 0.05) is 18.7 Å². The van der Waals surface area contributed by atoms with E-state index in [1.807, 2.05) is 18.2 Å². The molecule has 0 amide bonds. The standard InChI is InChI=1S/C16H28N2O2/c1-4-17-14-15-8-5-6-9-16(15)20-13-12-19-11-7-10-18(2)3/h5-6,8-9,17H,4,7,10-14H2,1-3H3. The van der Waals surface area contributed by atoms with E-state index in [0.29, 0.717) is 13.2 Å². The number of hydrogen-bond acceptors (Lipinski definition) is 4. The van der Waals surface area contributed by atoms with Crippen LogP contribution >= 0.6 is 0 Å². The highest BCUT2D eigenvalue weighted by Crippen LogP contribution is 2.17. The Hall–Kier alpha value is -1.10. The van der Waals surface area contributed by atoms with Crippen molar-refractivity contribution >= 4 is 0 Å². The fraction of sp³-hybridized carbons (Fsp3) is 0.625. The van der Waals surface area contributed by atoms with Crippen molar-refractivity contribution in [2.75, 3.05) is 47.0 Å². The van der Waals surface area contributed by atoms with Crippen molar-refractivity contribution in [3.8, 4) is 5.75 Å². The summed E-state index contributed by atoms with van der Waals surface area (Å²) in [5, 5.41) is 3.32. The van der Waals surface area contributed by atoms with Gasteiger partial charge in [0.15, 0.2) is 0 Å². The first-order chi connectivity index (χ1) is 9.74. The number of nitrogens with one attached hydrogen (secondary N) is 1. The topological polar surface area (TPSA) is 33.7 Å². The first kappa shape index (κ1) is 17.0. The monoisotopic (exact) mass is 280 g/mol. The third-order valence-corrected chi connectivity index (χ3v) is 2.92. The lowest BCUT2D eigenvalue weighted by Crippen LogP contribution is -2.16. The zero-order valence-corrected chi connectivity index (χ0v) is 13.0. The third-order valence-electron chi connectivity index (χ3n) is 2.92. The summed E-state index contributed by atoms with van der Waals surface area (Å²) in [6, 6.07) is 8.15. The fourth-order valence-corrected chi connectivity index (χ4v) is 1.85. The molecule has 4 heteroatoms. The molecule has 0 radical (unpaired) electrons. The van der Waals surface area contributed by atoms with Gasteiger partial charge in [0.25, 0.3) is 0 Å². The van der Waals surface area contributed by atoms with E-state index in [2.05, 4.69) is 37.3 Å². The van der Waals surface area contributed by atoms with Crippen LogP contribution in [0.3, 0.4) is 0 Å². The van der Waals surface area contributed by atoms with Gasteiger partial charge in [-0.1, -0.05) is 25.1 Å². The summed E-state index contributed by atoms with van der Waals surface area (Å²) >= 11 is 0. The maximum absolute atomic E-state index is 5.79. The molecule has 0 aliphatic carbocycles. The Kier molecular flexibility index (Phi) is 9.04. The van der Waals surface area contributed by atoms with Crippen LogP contribution in [0, 0.1) is 0 Å². The Morgan fingerprint density at radius 3 is 2.65 bits per heavy atom. The van der Waals surface area contributed by atoms with Crippen molar-refractivity contribution in [3.05, 3.63) is 29.8 Å². The zero-order chi connectivity index (χ0) is 14.6. The molecule has 20 heavy (non-hydrogen) atoms. The van der Waals surface area contributed by atoms with E-state index in [9.17, 15) is 0 Å². The minimum atomic E-state index is 0.602. The summed E-state index contributed by atoms with van der Waals surface area (Å²) in [5.41, 5.74) is 1.20. The minimum absolute atomic E-state index is 0.602. The molecular weight excluding hydrogens is 252 g/mol. The Labute approximate surface area is 123 Å². The molecule has 1 rings (SSSR count). The summed E-state index contributed by atoms with van der Waals surface area (Å²) < 4.78 is 11.3. The number of nitrogens with zero attached hydrogens (tertiary/aromatic N) is 1. The number of hydrogen-bond donors (Lipinski definition) is 1. The predicted molar refractivity (Wildman–Crippen MR) is 83.3 cm³/mol. The van der Waals surface area contributed by atoms with Gasteiger partial charge in [-0.2, -0.15) is 0 Å². The molecule has 0 spiro atoms. The normalized spacial score (nSPS) is 11.0. The van der Waals surface area contributed by atoms with Crippen LogP contribution in [0.1, 0.15) is 18.9 Å². The lowest BCUT2D eigenvalue weighted by atomic mass is 10.2. The lowest BCUT2D eigenvalue weighted by Gasteiger charge is -2.12. The molecule has 0 saturated carbocycles. The van der Waals surface area contributed by atoms with E-state index in [1.54, 1.807) is 0 Å². The summed E-state index contributed by atoms with van der Waals surface area (Å²) in [4.78, 5) is 2.16. The highest BCUT2D eigenvalue weighted by Gasteiger charge is 2.02. The van der Waals surface area contributed by atoms with Crippen LogP contribution in [0.25, 0.3) is 0 Å². The van der Waals surface area contributed by atoms with Gasteiger partial charge in [-0.15, -0.1) is 0 Å². The number of rotatable bonds is 11. The molecule has 0 aliphatic heterocycles. The van der Waals surface area contributed by atoms with E-state index in [-0.39, 0.29) is 0 Å². The summed E-state index contributed by atoms with van der Waals surface area (Å²) in [7, 11) is 4.15. The van der Waals surface area contributed by atoms with Crippen LogP contribution < -0.4 is 10.1 Å². The molecule has 1 aromatic rings. The number of benzene rings is 1.